The monoisotopic (exact) mass is 763 g/mol. The summed E-state index contributed by atoms with van der Waals surface area (Å²) in [5.41, 5.74) is 2.05. The van der Waals surface area contributed by atoms with Crippen LogP contribution in [0.2, 0.25) is 5.02 Å². The molecule has 0 aliphatic carbocycles. The second-order valence-corrected chi connectivity index (χ2v) is 16.0. The van der Waals surface area contributed by atoms with Crippen molar-refractivity contribution in [1.82, 2.24) is 24.8 Å². The standard InChI is InChI=1S/C36H42ClF4N7O5/c1-16-25(36(39,40)41)21(12-22(42)26(16)37)28-27(38)29-24-31(45-33(44-29)51-15-20-7-6-19-14-50-11-10-46(19)20)47-13-18-8-9-23(30(47)17(2)52-32(24)43-28)48(18)34(49)53-35(3,4)5/h12,17-20,23,30H,6-11,13-15,42H2,1-5H3/t17-,18+,19-,20-,23-,30?/m0/s1. The summed E-state index contributed by atoms with van der Waals surface area (Å²) in [7, 11) is 0. The van der Waals surface area contributed by atoms with Crippen molar-refractivity contribution < 1.29 is 41.3 Å². The van der Waals surface area contributed by atoms with E-state index in [0.29, 0.717) is 32.6 Å². The van der Waals surface area contributed by atoms with E-state index in [9.17, 15) is 18.0 Å². The molecule has 2 aromatic heterocycles. The van der Waals surface area contributed by atoms with Gasteiger partial charge in [-0.1, -0.05) is 11.6 Å². The minimum Gasteiger partial charge on any atom is -0.472 e. The average molecular weight is 764 g/mol. The zero-order valence-electron chi connectivity index (χ0n) is 30.1. The number of anilines is 2. The van der Waals surface area contributed by atoms with Crippen molar-refractivity contribution in [3.05, 3.63) is 28.0 Å². The molecule has 53 heavy (non-hydrogen) atoms. The van der Waals surface area contributed by atoms with Crippen molar-refractivity contribution in [2.24, 2.45) is 0 Å². The second-order valence-electron chi connectivity index (χ2n) is 15.6. The molecule has 4 saturated heterocycles. The van der Waals surface area contributed by atoms with Gasteiger partial charge in [0.2, 0.25) is 5.88 Å². The number of nitrogen functional groups attached to an aromatic ring is 1. The number of benzene rings is 1. The van der Waals surface area contributed by atoms with Gasteiger partial charge in [-0.3, -0.25) is 9.80 Å². The number of nitrogens with zero attached hydrogens (tertiary/aromatic N) is 6. The number of piperazine rings is 1. The van der Waals surface area contributed by atoms with E-state index in [1.54, 1.807) is 32.6 Å². The fraction of sp³-hybridized carbons (Fsp3) is 0.611. The van der Waals surface area contributed by atoms with E-state index in [-0.39, 0.29) is 75.7 Å². The highest BCUT2D eigenvalue weighted by Crippen LogP contribution is 2.49. The molecule has 7 heterocycles. The number of carbonyl (C=O) groups excluding carboxylic acids is 1. The molecule has 5 aliphatic heterocycles. The van der Waals surface area contributed by atoms with Crippen LogP contribution in [0.3, 0.4) is 0 Å². The van der Waals surface area contributed by atoms with Crippen molar-refractivity contribution >= 4 is 40.1 Å². The molecular formula is C36H42ClF4N7O5. The Morgan fingerprint density at radius 1 is 1.11 bits per heavy atom. The van der Waals surface area contributed by atoms with Crippen LogP contribution >= 0.6 is 11.6 Å². The molecule has 0 spiro atoms. The van der Waals surface area contributed by atoms with E-state index < -0.39 is 52.7 Å². The van der Waals surface area contributed by atoms with Crippen LogP contribution < -0.4 is 20.1 Å². The Morgan fingerprint density at radius 3 is 2.60 bits per heavy atom. The van der Waals surface area contributed by atoms with Gasteiger partial charge in [-0.25, -0.2) is 14.2 Å². The predicted octanol–water partition coefficient (Wildman–Crippen LogP) is 6.37. The molecule has 0 saturated carbocycles. The summed E-state index contributed by atoms with van der Waals surface area (Å²) in [5.74, 6) is -1.000. The zero-order valence-corrected chi connectivity index (χ0v) is 30.9. The molecule has 3 aromatic rings. The third kappa shape index (κ3) is 6.14. The SMILES string of the molecule is Cc1c(Cl)c(N)cc(-c2nc3c4c(nc(OC[C@@H]5CC[C@H]6COCCN65)nc4c2F)N2C[C@H]4CC[C@@H](C2[C@H](C)O3)N4C(=O)OC(C)(C)C)c1C(F)(F)F. The van der Waals surface area contributed by atoms with Gasteiger partial charge in [-0.05, 0) is 71.9 Å². The molecule has 1 unspecified atom stereocenters. The molecule has 1 amide bonds. The summed E-state index contributed by atoms with van der Waals surface area (Å²) in [5, 5.41) is -0.194. The van der Waals surface area contributed by atoms with E-state index in [4.69, 9.17) is 41.3 Å². The van der Waals surface area contributed by atoms with Gasteiger partial charge in [-0.15, -0.1) is 0 Å². The number of carbonyl (C=O) groups is 1. The highest BCUT2D eigenvalue weighted by Gasteiger charge is 2.54. The van der Waals surface area contributed by atoms with E-state index in [2.05, 4.69) is 14.9 Å². The Kier molecular flexibility index (Phi) is 8.76. The first-order chi connectivity index (χ1) is 25.0. The highest BCUT2D eigenvalue weighted by molar-refractivity contribution is 6.34. The molecule has 286 valence electrons. The third-order valence-corrected chi connectivity index (χ3v) is 11.6. The number of hydrogen-bond donors (Lipinski definition) is 1. The predicted molar refractivity (Wildman–Crippen MR) is 188 cm³/mol. The molecule has 4 fully saturated rings. The van der Waals surface area contributed by atoms with Crippen LogP contribution in [0.15, 0.2) is 6.07 Å². The summed E-state index contributed by atoms with van der Waals surface area (Å²) in [6, 6.07) is 0.0372. The molecule has 5 aliphatic rings. The maximum atomic E-state index is 17.1. The number of alkyl halides is 3. The number of amides is 1. The molecule has 6 atom stereocenters. The van der Waals surface area contributed by atoms with Gasteiger partial charge in [0.1, 0.15) is 40.7 Å². The van der Waals surface area contributed by atoms with Crippen molar-refractivity contribution in [2.45, 2.75) is 108 Å². The lowest BCUT2D eigenvalue weighted by molar-refractivity contribution is -0.137. The quantitative estimate of drug-likeness (QED) is 0.235. The van der Waals surface area contributed by atoms with E-state index in [0.717, 1.165) is 25.5 Å². The molecule has 17 heteroatoms. The summed E-state index contributed by atoms with van der Waals surface area (Å²) in [4.78, 5) is 33.4. The number of rotatable bonds is 4. The Morgan fingerprint density at radius 2 is 1.87 bits per heavy atom. The van der Waals surface area contributed by atoms with Crippen LogP contribution in [0.5, 0.6) is 11.9 Å². The highest BCUT2D eigenvalue weighted by atomic mass is 35.5. The van der Waals surface area contributed by atoms with E-state index >= 15 is 4.39 Å². The summed E-state index contributed by atoms with van der Waals surface area (Å²) >= 11 is 6.18. The molecular weight excluding hydrogens is 722 g/mol. The Bertz CT molecular complexity index is 1980. The largest absolute Gasteiger partial charge is 0.472 e. The van der Waals surface area contributed by atoms with Gasteiger partial charge in [0.15, 0.2) is 5.82 Å². The summed E-state index contributed by atoms with van der Waals surface area (Å²) in [6.45, 7) is 10.9. The van der Waals surface area contributed by atoms with E-state index in [1.807, 2.05) is 4.90 Å². The molecule has 2 N–H and O–H groups in total. The van der Waals surface area contributed by atoms with Gasteiger partial charge in [0.05, 0.1) is 47.6 Å². The Labute approximate surface area is 308 Å². The number of nitrogens with two attached hydrogens (primary N) is 1. The normalized spacial score (nSPS) is 27.0. The fourth-order valence-corrected chi connectivity index (χ4v) is 9.08. The van der Waals surface area contributed by atoms with Crippen LogP contribution in [0.1, 0.15) is 64.5 Å². The lowest BCUT2D eigenvalue weighted by Gasteiger charge is -2.48. The molecule has 8 rings (SSSR count). The van der Waals surface area contributed by atoms with E-state index in [1.165, 1.54) is 6.92 Å². The topological polar surface area (TPSA) is 128 Å². The van der Waals surface area contributed by atoms with Gasteiger partial charge in [0, 0.05) is 30.7 Å². The van der Waals surface area contributed by atoms with Gasteiger partial charge >= 0.3 is 18.3 Å². The minimum absolute atomic E-state index is 0.0504. The van der Waals surface area contributed by atoms with Gasteiger partial charge in [0.25, 0.3) is 0 Å². The molecule has 1 aromatic carbocycles. The number of hydrogen-bond acceptors (Lipinski definition) is 11. The number of morpholine rings is 1. The maximum absolute atomic E-state index is 17.1. The minimum atomic E-state index is -4.93. The smallest absolute Gasteiger partial charge is 0.417 e. The van der Waals surface area contributed by atoms with Crippen molar-refractivity contribution in [1.29, 1.82) is 0 Å². The number of fused-ring (bicyclic) bond motifs is 6. The first-order valence-electron chi connectivity index (χ1n) is 18.0. The molecule has 12 nitrogen and oxygen atoms in total. The molecule has 0 radical (unpaired) electrons. The van der Waals surface area contributed by atoms with Crippen molar-refractivity contribution in [3.63, 3.8) is 0 Å². The van der Waals surface area contributed by atoms with Crippen LogP contribution in [-0.2, 0) is 15.7 Å². The lowest BCUT2D eigenvalue weighted by atomic mass is 9.96. The maximum Gasteiger partial charge on any atom is 0.417 e. The van der Waals surface area contributed by atoms with Crippen molar-refractivity contribution in [3.8, 4) is 23.1 Å². The number of pyridine rings is 1. The zero-order chi connectivity index (χ0) is 37.7. The fourth-order valence-electron chi connectivity index (χ4n) is 8.93. The second kappa shape index (κ2) is 12.9. The number of aromatic nitrogens is 3. The lowest BCUT2D eigenvalue weighted by Crippen LogP contribution is -2.65. The first-order valence-corrected chi connectivity index (χ1v) is 18.4. The number of halogens is 5. The number of ether oxygens (including phenoxy) is 4. The van der Waals surface area contributed by atoms with Crippen LogP contribution in [0.4, 0.5) is 33.9 Å². The van der Waals surface area contributed by atoms with Crippen LogP contribution in [-0.4, -0.2) is 106 Å². The molecule has 2 bridgehead atoms. The third-order valence-electron chi connectivity index (χ3n) is 11.1. The van der Waals surface area contributed by atoms with Gasteiger partial charge in [-0.2, -0.15) is 23.1 Å². The first kappa shape index (κ1) is 36.1. The Balaban J connectivity index is 1.28. The van der Waals surface area contributed by atoms with Gasteiger partial charge < -0.3 is 29.6 Å². The summed E-state index contributed by atoms with van der Waals surface area (Å²) in [6.07, 6.45) is -2.93. The summed E-state index contributed by atoms with van der Waals surface area (Å²) < 4.78 is 85.3. The average Bonchev–Trinajstić information content (AvgIpc) is 3.60. The van der Waals surface area contributed by atoms with Crippen molar-refractivity contribution in [2.75, 3.05) is 43.5 Å². The Hall–Kier alpha value is -3.89. The van der Waals surface area contributed by atoms with Crippen LogP contribution in [0.25, 0.3) is 22.2 Å². The van der Waals surface area contributed by atoms with Crippen LogP contribution in [0, 0.1) is 12.7 Å².